The van der Waals surface area contributed by atoms with E-state index in [2.05, 4.69) is 71.0 Å². The van der Waals surface area contributed by atoms with Gasteiger partial charge in [0.1, 0.15) is 0 Å². The van der Waals surface area contributed by atoms with Crippen LogP contribution in [0.2, 0.25) is 52.4 Å². The standard InChI is InChI=1S/C10H33NO4Si5/c1-11(2)19(9,10)15-20(12-16(3)4,13-17(5)6)14-18(7)8/h16-18H,1-10H3. The van der Waals surface area contributed by atoms with Crippen molar-refractivity contribution in [2.75, 3.05) is 14.1 Å². The molecule has 0 aliphatic heterocycles. The van der Waals surface area contributed by atoms with Gasteiger partial charge in [-0.15, -0.1) is 0 Å². The van der Waals surface area contributed by atoms with E-state index in [1.807, 2.05) is 0 Å². The van der Waals surface area contributed by atoms with E-state index < -0.39 is 44.6 Å². The van der Waals surface area contributed by atoms with Crippen molar-refractivity contribution in [1.82, 2.24) is 4.57 Å². The van der Waals surface area contributed by atoms with Crippen LogP contribution in [0.4, 0.5) is 0 Å². The Morgan fingerprint density at radius 1 is 0.700 bits per heavy atom. The average molecular weight is 372 g/mol. The molecule has 20 heavy (non-hydrogen) atoms. The third-order valence-corrected chi connectivity index (χ3v) is 16.9. The molecule has 0 fully saturated rings. The summed E-state index contributed by atoms with van der Waals surface area (Å²) in [7, 11) is -4.80. The van der Waals surface area contributed by atoms with Crippen LogP contribution in [-0.2, 0) is 16.5 Å². The number of nitrogens with zero attached hydrogens (tertiary/aromatic N) is 1. The summed E-state index contributed by atoms with van der Waals surface area (Å²) in [5, 5.41) is 0. The maximum absolute atomic E-state index is 6.46. The highest BCUT2D eigenvalue weighted by Crippen LogP contribution is 2.22. The second-order valence-electron chi connectivity index (χ2n) is 6.44. The zero-order chi connectivity index (χ0) is 16.1. The summed E-state index contributed by atoms with van der Waals surface area (Å²) < 4.78 is 27.3. The van der Waals surface area contributed by atoms with Crippen LogP contribution in [0.1, 0.15) is 0 Å². The van der Waals surface area contributed by atoms with E-state index in [1.165, 1.54) is 0 Å². The second kappa shape index (κ2) is 8.50. The van der Waals surface area contributed by atoms with Gasteiger partial charge in [-0.05, 0) is 66.5 Å². The topological polar surface area (TPSA) is 40.2 Å². The summed E-state index contributed by atoms with van der Waals surface area (Å²) in [4.78, 5) is 0. The van der Waals surface area contributed by atoms with Gasteiger partial charge in [0.15, 0.2) is 27.1 Å². The Morgan fingerprint density at radius 3 is 1.20 bits per heavy atom. The molecule has 0 aromatic heterocycles. The number of hydrogen-bond acceptors (Lipinski definition) is 5. The minimum absolute atomic E-state index is 1.30. The van der Waals surface area contributed by atoms with E-state index in [-0.39, 0.29) is 0 Å². The van der Waals surface area contributed by atoms with Crippen LogP contribution in [0.5, 0.6) is 0 Å². The first kappa shape index (κ1) is 20.9. The predicted octanol–water partition coefficient (Wildman–Crippen LogP) is 1.70. The molecule has 0 aromatic rings. The monoisotopic (exact) mass is 371 g/mol. The lowest BCUT2D eigenvalue weighted by Crippen LogP contribution is -2.63. The molecule has 0 amide bonds. The van der Waals surface area contributed by atoms with Crippen molar-refractivity contribution >= 4 is 44.6 Å². The highest BCUT2D eigenvalue weighted by atomic mass is 28.5. The lowest BCUT2D eigenvalue weighted by Gasteiger charge is -2.41. The summed E-state index contributed by atoms with van der Waals surface area (Å²) >= 11 is 0. The van der Waals surface area contributed by atoms with Crippen LogP contribution < -0.4 is 0 Å². The summed E-state index contributed by atoms with van der Waals surface area (Å²) in [5.74, 6) is 0. The fourth-order valence-electron chi connectivity index (χ4n) is 1.42. The molecule has 0 spiro atoms. The quantitative estimate of drug-likeness (QED) is 0.577. The summed E-state index contributed by atoms with van der Waals surface area (Å²) in [6.07, 6.45) is 0. The van der Waals surface area contributed by atoms with E-state index in [1.54, 1.807) is 0 Å². The number of hydrogen-bond donors (Lipinski definition) is 0. The minimum Gasteiger partial charge on any atom is -0.399 e. The maximum atomic E-state index is 6.46. The molecule has 122 valence electrons. The first-order valence-corrected chi connectivity index (χ1v) is 20.1. The Bertz CT molecular complexity index is 262. The molecule has 0 radical (unpaired) electrons. The van der Waals surface area contributed by atoms with Crippen molar-refractivity contribution < 1.29 is 16.5 Å². The Hall–Kier alpha value is 0.884. The highest BCUT2D eigenvalue weighted by Gasteiger charge is 2.51. The molecule has 0 bridgehead atoms. The second-order valence-corrected chi connectivity index (χ2v) is 21.2. The SMILES string of the molecule is CN(C)[Si](C)(C)O[Si](O[SiH](C)C)(O[SiH](C)C)O[SiH](C)C. The normalized spacial score (nSPS) is 14.1. The van der Waals surface area contributed by atoms with Gasteiger partial charge in [0, 0.05) is 0 Å². The molecule has 0 saturated carbocycles. The van der Waals surface area contributed by atoms with Gasteiger partial charge in [0.25, 0.3) is 8.48 Å². The van der Waals surface area contributed by atoms with Gasteiger partial charge < -0.3 is 21.0 Å². The van der Waals surface area contributed by atoms with Crippen molar-refractivity contribution in [2.24, 2.45) is 0 Å². The Kier molecular flexibility index (Phi) is 8.88. The van der Waals surface area contributed by atoms with Gasteiger partial charge in [-0.1, -0.05) is 0 Å². The van der Waals surface area contributed by atoms with Crippen molar-refractivity contribution in [1.29, 1.82) is 0 Å². The smallest absolute Gasteiger partial charge is 0.399 e. The first-order valence-electron chi connectivity index (χ1n) is 7.31. The van der Waals surface area contributed by atoms with Gasteiger partial charge in [0.2, 0.25) is 0 Å². The largest absolute Gasteiger partial charge is 0.637 e. The van der Waals surface area contributed by atoms with E-state index in [9.17, 15) is 0 Å². The van der Waals surface area contributed by atoms with Crippen molar-refractivity contribution in [3.63, 3.8) is 0 Å². The Labute approximate surface area is 132 Å². The molecular weight excluding hydrogens is 339 g/mol. The van der Waals surface area contributed by atoms with Crippen molar-refractivity contribution in [3.8, 4) is 0 Å². The summed E-state index contributed by atoms with van der Waals surface area (Å²) in [6, 6.07) is 0. The molecule has 0 aliphatic rings. The van der Waals surface area contributed by atoms with Gasteiger partial charge in [-0.3, -0.25) is 0 Å². The zero-order valence-electron chi connectivity index (χ0n) is 14.8. The molecule has 10 heteroatoms. The highest BCUT2D eigenvalue weighted by molar-refractivity contribution is 6.84. The van der Waals surface area contributed by atoms with E-state index in [4.69, 9.17) is 16.5 Å². The van der Waals surface area contributed by atoms with Crippen LogP contribution in [0.15, 0.2) is 0 Å². The van der Waals surface area contributed by atoms with Crippen molar-refractivity contribution in [2.45, 2.75) is 52.4 Å². The molecule has 5 nitrogen and oxygen atoms in total. The summed E-state index contributed by atoms with van der Waals surface area (Å²) in [5.41, 5.74) is 0. The Balaban J connectivity index is 5.35. The van der Waals surface area contributed by atoms with E-state index in [0.29, 0.717) is 0 Å². The van der Waals surface area contributed by atoms with E-state index in [0.717, 1.165) is 0 Å². The van der Waals surface area contributed by atoms with Gasteiger partial charge >= 0.3 is 9.05 Å². The molecule has 0 unspecified atom stereocenters. The van der Waals surface area contributed by atoms with E-state index >= 15 is 0 Å². The van der Waals surface area contributed by atoms with Crippen molar-refractivity contribution in [3.05, 3.63) is 0 Å². The minimum atomic E-state index is -2.98. The molecule has 0 atom stereocenters. The number of rotatable bonds is 9. The third kappa shape index (κ3) is 7.77. The molecule has 0 aromatic carbocycles. The predicted molar refractivity (Wildman–Crippen MR) is 97.9 cm³/mol. The van der Waals surface area contributed by atoms with Crippen LogP contribution >= 0.6 is 0 Å². The first-order chi connectivity index (χ1) is 8.90. The lowest BCUT2D eigenvalue weighted by molar-refractivity contribution is 0.151. The Morgan fingerprint density at radius 2 is 1.00 bits per heavy atom. The van der Waals surface area contributed by atoms with Crippen LogP contribution in [0.3, 0.4) is 0 Å². The fraction of sp³-hybridized carbons (Fsp3) is 1.00. The van der Waals surface area contributed by atoms with Crippen LogP contribution in [-0.4, -0.2) is 63.3 Å². The van der Waals surface area contributed by atoms with Crippen LogP contribution in [0.25, 0.3) is 0 Å². The van der Waals surface area contributed by atoms with Gasteiger partial charge in [-0.2, -0.15) is 0 Å². The maximum Gasteiger partial charge on any atom is 0.637 e. The average Bonchev–Trinajstić information content (AvgIpc) is 2.10. The molecule has 0 saturated heterocycles. The molecule has 0 rings (SSSR count). The van der Waals surface area contributed by atoms with Gasteiger partial charge in [0.05, 0.1) is 0 Å². The van der Waals surface area contributed by atoms with Crippen LogP contribution in [0, 0.1) is 0 Å². The lowest BCUT2D eigenvalue weighted by atomic mass is 11.3. The molecule has 0 heterocycles. The molecule has 0 aliphatic carbocycles. The third-order valence-electron chi connectivity index (χ3n) is 2.59. The summed E-state index contributed by atoms with van der Waals surface area (Å²) in [6.45, 7) is 17.2. The molecule has 0 N–H and O–H groups in total. The molecular formula is C10H33NO4Si5. The van der Waals surface area contributed by atoms with Gasteiger partial charge in [-0.25, -0.2) is 0 Å². The zero-order valence-corrected chi connectivity index (χ0v) is 20.3. The fourth-order valence-corrected chi connectivity index (χ4v) is 15.6.